The first-order valence-corrected chi connectivity index (χ1v) is 6.43. The largest absolute Gasteiger partial charge is 0.388 e. The molecule has 6 heteroatoms. The zero-order valence-corrected chi connectivity index (χ0v) is 12.1. The number of carbonyl (C=O) groups is 1. The van der Waals surface area contributed by atoms with E-state index in [0.717, 1.165) is 0 Å². The number of hydrogen-bond acceptors (Lipinski definition) is 4. The summed E-state index contributed by atoms with van der Waals surface area (Å²) in [5, 5.41) is 22.1. The molecule has 0 aliphatic rings. The summed E-state index contributed by atoms with van der Waals surface area (Å²) in [5.74, 6) is -0.423. The minimum absolute atomic E-state index is 0.0757. The van der Waals surface area contributed by atoms with Crippen LogP contribution in [0.4, 0.5) is 0 Å². The number of benzene rings is 1. The maximum atomic E-state index is 11.8. The average Bonchev–Trinajstić information content (AvgIpc) is 2.39. The van der Waals surface area contributed by atoms with Crippen molar-refractivity contribution in [2.45, 2.75) is 25.0 Å². The van der Waals surface area contributed by atoms with Crippen molar-refractivity contribution in [3.05, 3.63) is 34.9 Å². The van der Waals surface area contributed by atoms with Crippen LogP contribution in [0.15, 0.2) is 24.3 Å². The Morgan fingerprint density at radius 3 is 2.65 bits per heavy atom. The summed E-state index contributed by atoms with van der Waals surface area (Å²) < 4.78 is 4.89. The van der Waals surface area contributed by atoms with Crippen molar-refractivity contribution in [2.75, 3.05) is 13.7 Å². The van der Waals surface area contributed by atoms with E-state index in [1.165, 1.54) is 7.11 Å². The van der Waals surface area contributed by atoms with Crippen molar-refractivity contribution in [1.82, 2.24) is 5.32 Å². The smallest absolute Gasteiger partial charge is 0.224 e. The van der Waals surface area contributed by atoms with Gasteiger partial charge in [-0.05, 0) is 24.6 Å². The lowest BCUT2D eigenvalue weighted by molar-refractivity contribution is -0.124. The van der Waals surface area contributed by atoms with Gasteiger partial charge in [-0.2, -0.15) is 5.26 Å². The molecule has 0 aromatic heterocycles. The van der Waals surface area contributed by atoms with Crippen LogP contribution in [0.5, 0.6) is 0 Å². The standard InChI is InChI=1S/C14H17ClN2O3/c1-14(8-16,9-20-2)17-13(19)7-12(18)10-3-5-11(15)6-4-10/h3-6,12,18H,7,9H2,1-2H3,(H,17,19). The molecule has 0 bridgehead atoms. The number of aliphatic hydroxyl groups is 1. The summed E-state index contributed by atoms with van der Waals surface area (Å²) in [6, 6.07) is 8.56. The third-order valence-electron chi connectivity index (χ3n) is 2.73. The Kier molecular flexibility index (Phi) is 5.96. The van der Waals surface area contributed by atoms with Gasteiger partial charge in [0.2, 0.25) is 5.91 Å². The van der Waals surface area contributed by atoms with Gasteiger partial charge in [0.05, 0.1) is 25.2 Å². The van der Waals surface area contributed by atoms with Gasteiger partial charge >= 0.3 is 0 Å². The first kappa shape index (κ1) is 16.4. The molecule has 1 aromatic carbocycles. The highest BCUT2D eigenvalue weighted by atomic mass is 35.5. The minimum Gasteiger partial charge on any atom is -0.388 e. The lowest BCUT2D eigenvalue weighted by Gasteiger charge is -2.23. The molecule has 1 amide bonds. The normalized spacial score (nSPS) is 14.9. The van der Waals surface area contributed by atoms with Crippen LogP contribution in [0.25, 0.3) is 0 Å². The van der Waals surface area contributed by atoms with E-state index in [-0.39, 0.29) is 13.0 Å². The first-order valence-electron chi connectivity index (χ1n) is 6.05. The van der Waals surface area contributed by atoms with E-state index in [1.807, 2.05) is 6.07 Å². The van der Waals surface area contributed by atoms with E-state index in [1.54, 1.807) is 31.2 Å². The number of methoxy groups -OCH3 is 1. The van der Waals surface area contributed by atoms with Crippen LogP contribution >= 0.6 is 11.6 Å². The Bertz CT molecular complexity index is 498. The monoisotopic (exact) mass is 296 g/mol. The molecule has 0 aliphatic carbocycles. The van der Waals surface area contributed by atoms with Crippen LogP contribution in [0.3, 0.4) is 0 Å². The maximum Gasteiger partial charge on any atom is 0.224 e. The Balaban J connectivity index is 2.62. The summed E-state index contributed by atoms with van der Waals surface area (Å²) >= 11 is 5.75. The number of nitrogens with one attached hydrogen (secondary N) is 1. The van der Waals surface area contributed by atoms with Gasteiger partial charge < -0.3 is 15.2 Å². The molecule has 0 heterocycles. The molecular formula is C14H17ClN2O3. The highest BCUT2D eigenvalue weighted by molar-refractivity contribution is 6.30. The highest BCUT2D eigenvalue weighted by Gasteiger charge is 2.27. The second-order valence-corrected chi connectivity index (χ2v) is 5.13. The molecule has 0 spiro atoms. The van der Waals surface area contributed by atoms with Crippen LogP contribution in [-0.4, -0.2) is 30.3 Å². The molecule has 20 heavy (non-hydrogen) atoms. The van der Waals surface area contributed by atoms with E-state index in [2.05, 4.69) is 5.32 Å². The maximum absolute atomic E-state index is 11.8. The predicted octanol–water partition coefficient (Wildman–Crippen LogP) is 1.81. The molecule has 5 nitrogen and oxygen atoms in total. The molecule has 0 saturated carbocycles. The number of halogens is 1. The molecule has 2 atom stereocenters. The number of nitriles is 1. The van der Waals surface area contributed by atoms with Gasteiger partial charge in [0.15, 0.2) is 0 Å². The van der Waals surface area contributed by atoms with Gasteiger partial charge in [0.25, 0.3) is 0 Å². The van der Waals surface area contributed by atoms with Crippen molar-refractivity contribution in [3.63, 3.8) is 0 Å². The van der Waals surface area contributed by atoms with E-state index >= 15 is 0 Å². The van der Waals surface area contributed by atoms with Crippen LogP contribution in [-0.2, 0) is 9.53 Å². The number of nitrogens with zero attached hydrogens (tertiary/aromatic N) is 1. The van der Waals surface area contributed by atoms with Crippen molar-refractivity contribution >= 4 is 17.5 Å². The van der Waals surface area contributed by atoms with Crippen molar-refractivity contribution in [1.29, 1.82) is 5.26 Å². The Labute approximate surface area is 123 Å². The summed E-state index contributed by atoms with van der Waals surface area (Å²) in [6.07, 6.45) is -1.08. The summed E-state index contributed by atoms with van der Waals surface area (Å²) in [6.45, 7) is 1.63. The van der Waals surface area contributed by atoms with Gasteiger partial charge in [0.1, 0.15) is 5.54 Å². The molecule has 2 N–H and O–H groups in total. The number of ether oxygens (including phenoxy) is 1. The number of carbonyl (C=O) groups excluding carboxylic acids is 1. The van der Waals surface area contributed by atoms with Crippen LogP contribution in [0.2, 0.25) is 5.02 Å². The SMILES string of the molecule is COCC(C)(C#N)NC(=O)CC(O)c1ccc(Cl)cc1. The second-order valence-electron chi connectivity index (χ2n) is 4.70. The van der Waals surface area contributed by atoms with Crippen LogP contribution in [0, 0.1) is 11.3 Å². The fraction of sp³-hybridized carbons (Fsp3) is 0.429. The van der Waals surface area contributed by atoms with Gasteiger partial charge in [-0.3, -0.25) is 4.79 Å². The fourth-order valence-corrected chi connectivity index (χ4v) is 1.85. The molecule has 1 aromatic rings. The molecule has 1 rings (SSSR count). The molecular weight excluding hydrogens is 280 g/mol. The van der Waals surface area contributed by atoms with Gasteiger partial charge in [-0.1, -0.05) is 23.7 Å². The van der Waals surface area contributed by atoms with Crippen molar-refractivity contribution in [2.24, 2.45) is 0 Å². The van der Waals surface area contributed by atoms with Gasteiger partial charge in [0, 0.05) is 12.1 Å². The van der Waals surface area contributed by atoms with E-state index in [0.29, 0.717) is 10.6 Å². The van der Waals surface area contributed by atoms with E-state index < -0.39 is 17.6 Å². The molecule has 0 fully saturated rings. The van der Waals surface area contributed by atoms with Crippen LogP contribution in [0.1, 0.15) is 25.0 Å². The van der Waals surface area contributed by atoms with Crippen LogP contribution < -0.4 is 5.32 Å². The third kappa shape index (κ3) is 4.82. The zero-order chi connectivity index (χ0) is 15.2. The third-order valence-corrected chi connectivity index (χ3v) is 2.98. The molecule has 0 aliphatic heterocycles. The number of rotatable bonds is 6. The zero-order valence-electron chi connectivity index (χ0n) is 11.4. The molecule has 0 radical (unpaired) electrons. The summed E-state index contributed by atoms with van der Waals surface area (Å²) in [7, 11) is 1.45. The van der Waals surface area contributed by atoms with Gasteiger partial charge in [-0.25, -0.2) is 0 Å². The lowest BCUT2D eigenvalue weighted by Crippen LogP contribution is -2.48. The Morgan fingerprint density at radius 2 is 2.15 bits per heavy atom. The first-order chi connectivity index (χ1) is 9.40. The van der Waals surface area contributed by atoms with Gasteiger partial charge in [-0.15, -0.1) is 0 Å². The highest BCUT2D eigenvalue weighted by Crippen LogP contribution is 2.19. The summed E-state index contributed by atoms with van der Waals surface area (Å²) in [5.41, 5.74) is -0.513. The summed E-state index contributed by atoms with van der Waals surface area (Å²) in [4.78, 5) is 11.8. The molecule has 108 valence electrons. The topological polar surface area (TPSA) is 82.3 Å². The molecule has 2 unspecified atom stereocenters. The lowest BCUT2D eigenvalue weighted by atomic mass is 10.0. The van der Waals surface area contributed by atoms with E-state index in [9.17, 15) is 9.90 Å². The Hall–Kier alpha value is -1.61. The van der Waals surface area contributed by atoms with Crippen molar-refractivity contribution in [3.8, 4) is 6.07 Å². The average molecular weight is 297 g/mol. The fourth-order valence-electron chi connectivity index (χ4n) is 1.72. The predicted molar refractivity (Wildman–Crippen MR) is 75.1 cm³/mol. The quantitative estimate of drug-likeness (QED) is 0.839. The minimum atomic E-state index is -1.11. The number of aliphatic hydroxyl groups excluding tert-OH is 1. The number of hydrogen-bond donors (Lipinski definition) is 2. The number of amides is 1. The molecule has 0 saturated heterocycles. The Morgan fingerprint density at radius 1 is 1.55 bits per heavy atom. The van der Waals surface area contributed by atoms with Crippen molar-refractivity contribution < 1.29 is 14.6 Å². The second kappa shape index (κ2) is 7.25. The van der Waals surface area contributed by atoms with E-state index in [4.69, 9.17) is 21.6 Å².